The molecule has 0 saturated heterocycles. The molecule has 0 radical (unpaired) electrons. The van der Waals surface area contributed by atoms with Crippen molar-refractivity contribution < 1.29 is 5.11 Å². The van der Waals surface area contributed by atoms with Crippen LogP contribution in [0.4, 0.5) is 5.82 Å². The molecule has 112 valence electrons. The normalized spacial score (nSPS) is 11.5. The molecule has 2 aromatic heterocycles. The van der Waals surface area contributed by atoms with Gasteiger partial charge in [0, 0.05) is 0 Å². The van der Waals surface area contributed by atoms with Crippen molar-refractivity contribution in [2.75, 3.05) is 5.73 Å². The summed E-state index contributed by atoms with van der Waals surface area (Å²) in [5.41, 5.74) is 7.23. The van der Waals surface area contributed by atoms with Gasteiger partial charge in [0.2, 0.25) is 5.88 Å². The quantitative estimate of drug-likeness (QED) is 0.691. The minimum atomic E-state index is -0.458. The Hall–Kier alpha value is -3.02. The van der Waals surface area contributed by atoms with Crippen LogP contribution in [0.2, 0.25) is 0 Å². The van der Waals surface area contributed by atoms with E-state index < -0.39 is 5.56 Å². The van der Waals surface area contributed by atoms with E-state index in [2.05, 4.69) is 10.1 Å². The summed E-state index contributed by atoms with van der Waals surface area (Å²) in [6.07, 6.45) is 4.41. The zero-order chi connectivity index (χ0) is 15.7. The van der Waals surface area contributed by atoms with Gasteiger partial charge < -0.3 is 10.8 Å². The Bertz CT molecular complexity index is 907. The van der Waals surface area contributed by atoms with Crippen molar-refractivity contribution in [2.24, 2.45) is 0 Å². The number of aromatic amines is 1. The zero-order valence-electron chi connectivity index (χ0n) is 12.1. The van der Waals surface area contributed by atoms with Gasteiger partial charge in [-0.25, -0.2) is 4.68 Å². The summed E-state index contributed by atoms with van der Waals surface area (Å²) in [5.74, 6) is 0.0357. The van der Waals surface area contributed by atoms with E-state index in [1.165, 1.54) is 4.68 Å². The van der Waals surface area contributed by atoms with Crippen LogP contribution in [0.1, 0.15) is 18.9 Å². The van der Waals surface area contributed by atoms with Crippen LogP contribution < -0.4 is 11.3 Å². The number of aromatic nitrogens is 3. The fraction of sp³-hybridized carbons (Fsp3) is 0.125. The van der Waals surface area contributed by atoms with Crippen LogP contribution >= 0.6 is 0 Å². The molecule has 0 fully saturated rings. The number of hydrogen-bond donors (Lipinski definition) is 3. The number of nitrogens with one attached hydrogen (secondary N) is 1. The standard InChI is InChI=1S/C16H16N4O2/c1-2-3-9-11-13-12(16(22)18-15(11)21)14(17)20(19-13)10-7-5-4-6-8-10/h3-9,21H,2,17H2,1H3,(H,18,22). The van der Waals surface area contributed by atoms with Gasteiger partial charge >= 0.3 is 0 Å². The third kappa shape index (κ3) is 2.14. The highest BCUT2D eigenvalue weighted by Crippen LogP contribution is 2.28. The fourth-order valence-electron chi connectivity index (χ4n) is 2.35. The second kappa shape index (κ2) is 5.40. The Morgan fingerprint density at radius 1 is 1.36 bits per heavy atom. The van der Waals surface area contributed by atoms with Gasteiger partial charge in [-0.05, 0) is 18.6 Å². The molecular weight excluding hydrogens is 280 g/mol. The maximum atomic E-state index is 12.1. The number of aromatic hydroxyl groups is 1. The number of fused-ring (bicyclic) bond motifs is 1. The molecule has 0 spiro atoms. The molecule has 0 aliphatic heterocycles. The molecule has 6 heteroatoms. The van der Waals surface area contributed by atoms with Crippen molar-refractivity contribution in [3.05, 3.63) is 52.3 Å². The van der Waals surface area contributed by atoms with Crippen LogP contribution in [0.5, 0.6) is 5.88 Å². The van der Waals surface area contributed by atoms with Gasteiger partial charge in [0.05, 0.1) is 11.3 Å². The van der Waals surface area contributed by atoms with Crippen molar-refractivity contribution in [1.29, 1.82) is 0 Å². The molecule has 2 heterocycles. The van der Waals surface area contributed by atoms with E-state index in [0.29, 0.717) is 11.1 Å². The maximum absolute atomic E-state index is 12.1. The minimum absolute atomic E-state index is 0.208. The summed E-state index contributed by atoms with van der Waals surface area (Å²) in [4.78, 5) is 14.5. The predicted octanol–water partition coefficient (Wildman–Crippen LogP) is 2.42. The molecule has 0 bridgehead atoms. The molecule has 6 nitrogen and oxygen atoms in total. The monoisotopic (exact) mass is 296 g/mol. The summed E-state index contributed by atoms with van der Waals surface area (Å²) in [5, 5.41) is 14.7. The lowest BCUT2D eigenvalue weighted by Gasteiger charge is -2.02. The highest BCUT2D eigenvalue weighted by molar-refractivity contribution is 5.95. The fourth-order valence-corrected chi connectivity index (χ4v) is 2.35. The molecule has 0 atom stereocenters. The van der Waals surface area contributed by atoms with E-state index in [0.717, 1.165) is 12.1 Å². The largest absolute Gasteiger partial charge is 0.494 e. The molecule has 0 unspecified atom stereocenters. The van der Waals surface area contributed by atoms with Gasteiger partial charge in [-0.1, -0.05) is 37.3 Å². The van der Waals surface area contributed by atoms with Crippen LogP contribution in [0, 0.1) is 0 Å². The number of rotatable bonds is 3. The SMILES string of the molecule is CCC=Cc1c(O)[nH]c(=O)c2c(N)n(-c3ccccc3)nc12. The highest BCUT2D eigenvalue weighted by atomic mass is 16.3. The number of pyridine rings is 1. The lowest BCUT2D eigenvalue weighted by molar-refractivity contribution is 0.451. The van der Waals surface area contributed by atoms with Gasteiger partial charge in [-0.3, -0.25) is 9.78 Å². The van der Waals surface area contributed by atoms with Crippen LogP contribution in [-0.4, -0.2) is 19.9 Å². The van der Waals surface area contributed by atoms with E-state index in [-0.39, 0.29) is 17.1 Å². The molecular formula is C16H16N4O2. The second-order valence-corrected chi connectivity index (χ2v) is 4.88. The van der Waals surface area contributed by atoms with E-state index in [9.17, 15) is 9.90 Å². The van der Waals surface area contributed by atoms with Crippen LogP contribution in [0.15, 0.2) is 41.2 Å². The van der Waals surface area contributed by atoms with Gasteiger partial charge in [-0.15, -0.1) is 0 Å². The highest BCUT2D eigenvalue weighted by Gasteiger charge is 2.18. The van der Waals surface area contributed by atoms with E-state index in [1.54, 1.807) is 6.08 Å². The summed E-state index contributed by atoms with van der Waals surface area (Å²) < 4.78 is 1.50. The Labute approximate surface area is 126 Å². The van der Waals surface area contributed by atoms with E-state index >= 15 is 0 Å². The Morgan fingerprint density at radius 2 is 2.09 bits per heavy atom. The van der Waals surface area contributed by atoms with E-state index in [1.807, 2.05) is 43.3 Å². The zero-order valence-corrected chi connectivity index (χ0v) is 12.1. The number of nitrogens with zero attached hydrogens (tertiary/aromatic N) is 2. The Balaban J connectivity index is 2.36. The first-order chi connectivity index (χ1) is 10.6. The minimum Gasteiger partial charge on any atom is -0.494 e. The number of nitrogens with two attached hydrogens (primary N) is 1. The summed E-state index contributed by atoms with van der Waals surface area (Å²) in [7, 11) is 0. The van der Waals surface area contributed by atoms with Crippen molar-refractivity contribution in [1.82, 2.24) is 14.8 Å². The summed E-state index contributed by atoms with van der Waals surface area (Å²) in [6, 6.07) is 9.30. The third-order valence-corrected chi connectivity index (χ3v) is 3.41. The van der Waals surface area contributed by atoms with Gasteiger partial charge in [0.15, 0.2) is 0 Å². The lowest BCUT2D eigenvalue weighted by atomic mass is 10.1. The van der Waals surface area contributed by atoms with Crippen LogP contribution in [0.25, 0.3) is 22.7 Å². The summed E-state index contributed by atoms with van der Waals surface area (Å²) >= 11 is 0. The average Bonchev–Trinajstić information content (AvgIpc) is 2.86. The number of benzene rings is 1. The lowest BCUT2D eigenvalue weighted by Crippen LogP contribution is -2.08. The molecule has 3 rings (SSSR count). The first-order valence-electron chi connectivity index (χ1n) is 6.99. The first-order valence-corrected chi connectivity index (χ1v) is 6.99. The van der Waals surface area contributed by atoms with Crippen LogP contribution in [0.3, 0.4) is 0 Å². The molecule has 0 aliphatic carbocycles. The molecule has 0 amide bonds. The number of nitrogen functional groups attached to an aromatic ring is 1. The molecule has 22 heavy (non-hydrogen) atoms. The molecule has 1 aromatic carbocycles. The van der Waals surface area contributed by atoms with Gasteiger partial charge in [-0.2, -0.15) is 5.10 Å². The molecule has 3 aromatic rings. The number of anilines is 1. The van der Waals surface area contributed by atoms with Crippen molar-refractivity contribution in [3.8, 4) is 11.6 Å². The Morgan fingerprint density at radius 3 is 2.77 bits per heavy atom. The van der Waals surface area contributed by atoms with Crippen molar-refractivity contribution >= 4 is 22.8 Å². The number of allylic oxidation sites excluding steroid dienone is 1. The third-order valence-electron chi connectivity index (χ3n) is 3.41. The van der Waals surface area contributed by atoms with Gasteiger partial charge in [0.25, 0.3) is 5.56 Å². The summed E-state index contributed by atoms with van der Waals surface area (Å²) in [6.45, 7) is 1.98. The molecule has 0 saturated carbocycles. The average molecular weight is 296 g/mol. The number of H-pyrrole nitrogens is 1. The van der Waals surface area contributed by atoms with Crippen LogP contribution in [-0.2, 0) is 0 Å². The smallest absolute Gasteiger partial charge is 0.264 e. The predicted molar refractivity (Wildman–Crippen MR) is 87.1 cm³/mol. The van der Waals surface area contributed by atoms with Crippen molar-refractivity contribution in [2.45, 2.75) is 13.3 Å². The Kier molecular flexibility index (Phi) is 3.42. The topological polar surface area (TPSA) is 96.9 Å². The maximum Gasteiger partial charge on any atom is 0.264 e. The first kappa shape index (κ1) is 13.9. The molecule has 0 aliphatic rings. The number of para-hydroxylation sites is 1. The number of hydrogen-bond acceptors (Lipinski definition) is 4. The van der Waals surface area contributed by atoms with E-state index in [4.69, 9.17) is 5.73 Å². The second-order valence-electron chi connectivity index (χ2n) is 4.88. The van der Waals surface area contributed by atoms with Crippen molar-refractivity contribution in [3.63, 3.8) is 0 Å². The van der Waals surface area contributed by atoms with Gasteiger partial charge in [0.1, 0.15) is 16.7 Å². The molecule has 4 N–H and O–H groups in total.